The van der Waals surface area contributed by atoms with Gasteiger partial charge in [0.25, 0.3) is 5.89 Å². The Labute approximate surface area is 115 Å². The molecule has 0 amide bonds. The van der Waals surface area contributed by atoms with Crippen molar-refractivity contribution in [3.05, 3.63) is 41.3 Å². The Bertz CT molecular complexity index is 515. The van der Waals surface area contributed by atoms with E-state index >= 15 is 0 Å². The first-order valence-electron chi connectivity index (χ1n) is 6.17. The van der Waals surface area contributed by atoms with Crippen LogP contribution in [-0.2, 0) is 9.47 Å². The van der Waals surface area contributed by atoms with Gasteiger partial charge < -0.3 is 13.9 Å². The first-order chi connectivity index (χ1) is 9.56. The highest BCUT2D eigenvalue weighted by molar-refractivity contribution is 5.60. The summed E-state index contributed by atoms with van der Waals surface area (Å²) in [5.41, 5.74) is 0.542. The molecule has 7 nitrogen and oxygen atoms in total. The van der Waals surface area contributed by atoms with Crippen LogP contribution in [0.1, 0.15) is 38.2 Å². The molecule has 1 heterocycles. The number of hydrogen-bond donors (Lipinski definition) is 0. The highest BCUT2D eigenvalue weighted by Gasteiger charge is 2.23. The van der Waals surface area contributed by atoms with Crippen LogP contribution in [0.3, 0.4) is 0 Å². The lowest BCUT2D eigenvalue weighted by molar-refractivity contribution is 0.0138. The quantitative estimate of drug-likeness (QED) is 0.535. The van der Waals surface area contributed by atoms with E-state index in [0.29, 0.717) is 12.0 Å². The SMILES string of the molecule is C=CC(=C)COC(=O)OC(CCCC)c1noc(=O)o1. The van der Waals surface area contributed by atoms with Crippen LogP contribution in [0.5, 0.6) is 0 Å². The lowest BCUT2D eigenvalue weighted by Crippen LogP contribution is -2.14. The minimum Gasteiger partial charge on any atom is -0.429 e. The molecule has 1 atom stereocenters. The standard InChI is InChI=1S/C13H17NO6/c1-4-6-7-10(11-14-20-13(16)19-11)18-12(15)17-8-9(3)5-2/h5,10H,2-4,6-8H2,1H3. The summed E-state index contributed by atoms with van der Waals surface area (Å²) in [6.45, 7) is 9.04. The number of aromatic nitrogens is 1. The second-order valence-electron chi connectivity index (χ2n) is 4.02. The maximum atomic E-state index is 11.5. The zero-order valence-corrected chi connectivity index (χ0v) is 11.3. The zero-order chi connectivity index (χ0) is 15.0. The lowest BCUT2D eigenvalue weighted by Gasteiger charge is -2.13. The van der Waals surface area contributed by atoms with Crippen molar-refractivity contribution < 1.29 is 23.2 Å². The third kappa shape index (κ3) is 5.13. The Morgan fingerprint density at radius 1 is 1.55 bits per heavy atom. The third-order valence-corrected chi connectivity index (χ3v) is 2.40. The lowest BCUT2D eigenvalue weighted by atomic mass is 10.1. The van der Waals surface area contributed by atoms with E-state index in [1.54, 1.807) is 0 Å². The van der Waals surface area contributed by atoms with E-state index in [2.05, 4.69) is 22.8 Å². The van der Waals surface area contributed by atoms with Crippen molar-refractivity contribution in [3.63, 3.8) is 0 Å². The largest absolute Gasteiger partial charge is 0.542 e. The van der Waals surface area contributed by atoms with Crippen molar-refractivity contribution in [3.8, 4) is 0 Å². The van der Waals surface area contributed by atoms with Gasteiger partial charge in [0.05, 0.1) is 0 Å². The average Bonchev–Trinajstić information content (AvgIpc) is 2.87. The van der Waals surface area contributed by atoms with Gasteiger partial charge in [0, 0.05) is 0 Å². The number of carbonyl (C=O) groups excluding carboxylic acids is 1. The fourth-order valence-electron chi connectivity index (χ4n) is 1.31. The van der Waals surface area contributed by atoms with Gasteiger partial charge in [-0.1, -0.05) is 32.6 Å². The molecule has 1 unspecified atom stereocenters. The number of unbranched alkanes of at least 4 members (excludes halogenated alkanes) is 1. The van der Waals surface area contributed by atoms with Gasteiger partial charge in [-0.2, -0.15) is 0 Å². The van der Waals surface area contributed by atoms with Crippen LogP contribution in [0.15, 0.2) is 38.5 Å². The van der Waals surface area contributed by atoms with Crippen LogP contribution in [0, 0.1) is 0 Å². The van der Waals surface area contributed by atoms with Gasteiger partial charge in [0.15, 0.2) is 6.10 Å². The molecule has 0 radical (unpaired) electrons. The first-order valence-corrected chi connectivity index (χ1v) is 6.17. The molecular weight excluding hydrogens is 266 g/mol. The van der Waals surface area contributed by atoms with E-state index < -0.39 is 18.1 Å². The minimum absolute atomic E-state index is 0.0222. The van der Waals surface area contributed by atoms with Crippen LogP contribution in [0.2, 0.25) is 0 Å². The Morgan fingerprint density at radius 2 is 2.30 bits per heavy atom. The number of nitrogens with zero attached hydrogens (tertiary/aromatic N) is 1. The molecule has 0 aliphatic rings. The Balaban J connectivity index is 2.60. The number of ether oxygens (including phenoxy) is 2. The predicted octanol–water partition coefficient (Wildman–Crippen LogP) is 2.75. The Morgan fingerprint density at radius 3 is 2.85 bits per heavy atom. The number of carbonyl (C=O) groups is 1. The molecule has 7 heteroatoms. The molecule has 0 fully saturated rings. The summed E-state index contributed by atoms with van der Waals surface area (Å²) in [4.78, 5) is 22.3. The highest BCUT2D eigenvalue weighted by Crippen LogP contribution is 2.21. The average molecular weight is 283 g/mol. The van der Waals surface area contributed by atoms with E-state index in [9.17, 15) is 9.59 Å². The smallest absolute Gasteiger partial charge is 0.429 e. The van der Waals surface area contributed by atoms with Crippen molar-refractivity contribution in [1.82, 2.24) is 5.16 Å². The van der Waals surface area contributed by atoms with E-state index in [4.69, 9.17) is 13.9 Å². The van der Waals surface area contributed by atoms with Gasteiger partial charge in [-0.25, -0.2) is 9.59 Å². The van der Waals surface area contributed by atoms with Crippen LogP contribution < -0.4 is 5.82 Å². The van der Waals surface area contributed by atoms with Gasteiger partial charge in [-0.05, 0) is 23.6 Å². The molecule has 1 aromatic rings. The van der Waals surface area contributed by atoms with Gasteiger partial charge >= 0.3 is 12.0 Å². The zero-order valence-electron chi connectivity index (χ0n) is 11.3. The summed E-state index contributed by atoms with van der Waals surface area (Å²) in [7, 11) is 0. The molecule has 0 aromatic carbocycles. The molecule has 0 saturated carbocycles. The molecule has 1 aromatic heterocycles. The fourth-order valence-corrected chi connectivity index (χ4v) is 1.31. The summed E-state index contributed by atoms with van der Waals surface area (Å²) in [5, 5.41) is 3.41. The topological polar surface area (TPSA) is 91.8 Å². The minimum atomic E-state index is -0.946. The number of hydrogen-bond acceptors (Lipinski definition) is 7. The normalized spacial score (nSPS) is 11.7. The fraction of sp³-hybridized carbons (Fsp3) is 0.462. The van der Waals surface area contributed by atoms with Crippen molar-refractivity contribution in [2.45, 2.75) is 32.3 Å². The van der Waals surface area contributed by atoms with Gasteiger partial charge in [0.1, 0.15) is 6.61 Å². The summed E-state index contributed by atoms with van der Waals surface area (Å²) in [6, 6.07) is 0. The van der Waals surface area contributed by atoms with Crippen LogP contribution in [0.4, 0.5) is 4.79 Å². The van der Waals surface area contributed by atoms with Crippen LogP contribution in [0.25, 0.3) is 0 Å². The summed E-state index contributed by atoms with van der Waals surface area (Å²) < 4.78 is 18.9. The van der Waals surface area contributed by atoms with Crippen molar-refractivity contribution >= 4 is 6.16 Å². The number of rotatable bonds is 8. The van der Waals surface area contributed by atoms with Gasteiger partial charge in [0.2, 0.25) is 0 Å². The third-order valence-electron chi connectivity index (χ3n) is 2.40. The second kappa shape index (κ2) is 7.98. The van der Waals surface area contributed by atoms with Crippen molar-refractivity contribution in [1.29, 1.82) is 0 Å². The van der Waals surface area contributed by atoms with Crippen molar-refractivity contribution in [2.75, 3.05) is 6.61 Å². The monoisotopic (exact) mass is 283 g/mol. The first kappa shape index (κ1) is 15.7. The predicted molar refractivity (Wildman–Crippen MR) is 69.1 cm³/mol. The Kier molecular flexibility index (Phi) is 6.28. The summed E-state index contributed by atoms with van der Waals surface area (Å²) in [6.07, 6.45) is 1.84. The molecule has 0 N–H and O–H groups in total. The second-order valence-corrected chi connectivity index (χ2v) is 4.02. The molecule has 0 bridgehead atoms. The van der Waals surface area contributed by atoms with Crippen LogP contribution >= 0.6 is 0 Å². The van der Waals surface area contributed by atoms with Gasteiger partial charge in [-0.15, -0.1) is 0 Å². The molecule has 110 valence electrons. The maximum Gasteiger partial charge on any atom is 0.542 e. The highest BCUT2D eigenvalue weighted by atomic mass is 16.7. The van der Waals surface area contributed by atoms with E-state index in [0.717, 1.165) is 12.8 Å². The molecule has 20 heavy (non-hydrogen) atoms. The van der Waals surface area contributed by atoms with Crippen molar-refractivity contribution in [2.24, 2.45) is 0 Å². The van der Waals surface area contributed by atoms with E-state index in [1.165, 1.54) is 6.08 Å². The molecule has 0 spiro atoms. The summed E-state index contributed by atoms with van der Waals surface area (Å²) >= 11 is 0. The van der Waals surface area contributed by atoms with E-state index in [1.807, 2.05) is 6.92 Å². The molecule has 1 rings (SSSR count). The molecular formula is C13H17NO6. The molecule has 0 saturated heterocycles. The van der Waals surface area contributed by atoms with E-state index in [-0.39, 0.29) is 12.5 Å². The molecule has 0 aliphatic heterocycles. The molecule has 0 aliphatic carbocycles. The van der Waals surface area contributed by atoms with Crippen LogP contribution in [-0.4, -0.2) is 17.9 Å². The Hall–Kier alpha value is -2.31. The maximum absolute atomic E-state index is 11.5. The van der Waals surface area contributed by atoms with Gasteiger partial charge in [-0.3, -0.25) is 4.52 Å². The summed E-state index contributed by atoms with van der Waals surface area (Å²) in [5.74, 6) is -1.03.